The van der Waals surface area contributed by atoms with Gasteiger partial charge in [0.2, 0.25) is 11.6 Å². The lowest BCUT2D eigenvalue weighted by Gasteiger charge is -2.16. The largest absolute Gasteiger partial charge is 0.497 e. The van der Waals surface area contributed by atoms with Crippen LogP contribution in [0, 0.1) is 5.82 Å². The van der Waals surface area contributed by atoms with E-state index in [1.807, 2.05) is 6.92 Å². The van der Waals surface area contributed by atoms with Crippen molar-refractivity contribution in [3.63, 3.8) is 0 Å². The molecule has 1 amide bonds. The fourth-order valence-corrected chi connectivity index (χ4v) is 4.29. The Hall–Kier alpha value is -3.86. The zero-order chi connectivity index (χ0) is 24.2. The number of carbonyl (C=O) groups is 1. The van der Waals surface area contributed by atoms with Gasteiger partial charge in [-0.1, -0.05) is 24.8 Å². The molecule has 11 heteroatoms. The van der Waals surface area contributed by atoms with Gasteiger partial charge in [0.15, 0.2) is 5.16 Å². The normalized spacial score (nSPS) is 11.9. The maximum absolute atomic E-state index is 13.6. The highest BCUT2D eigenvalue weighted by Crippen LogP contribution is 2.31. The average molecular weight is 484 g/mol. The van der Waals surface area contributed by atoms with Crippen molar-refractivity contribution in [1.29, 1.82) is 0 Å². The molecule has 2 heterocycles. The minimum Gasteiger partial charge on any atom is -0.497 e. The highest BCUT2D eigenvalue weighted by molar-refractivity contribution is 8.00. The topological polar surface area (TPSA) is 99.8 Å². The Kier molecular flexibility index (Phi) is 6.82. The summed E-state index contributed by atoms with van der Waals surface area (Å²) < 4.78 is 27.0. The Bertz CT molecular complexity index is 1400. The lowest BCUT2D eigenvalue weighted by Crippen LogP contribution is -2.25. The molecule has 0 radical (unpaired) electrons. The third-order valence-electron chi connectivity index (χ3n) is 5.10. The van der Waals surface area contributed by atoms with Gasteiger partial charge in [-0.15, -0.1) is 10.2 Å². The summed E-state index contributed by atoms with van der Waals surface area (Å²) in [6, 6.07) is 10.8. The first-order chi connectivity index (χ1) is 16.4. The van der Waals surface area contributed by atoms with Gasteiger partial charge in [0.05, 0.1) is 30.8 Å². The number of anilines is 1. The number of fused-ring (bicyclic) bond motifs is 1. The molecule has 4 rings (SSSR count). The zero-order valence-electron chi connectivity index (χ0n) is 18.7. The Labute approximate surface area is 198 Å². The number of thioether (sulfide) groups is 1. The maximum atomic E-state index is 13.6. The van der Waals surface area contributed by atoms with Gasteiger partial charge in [-0.05, 0) is 36.8 Å². The summed E-state index contributed by atoms with van der Waals surface area (Å²) >= 11 is 1.19. The number of nitrogens with zero attached hydrogens (tertiary/aromatic N) is 4. The molecule has 4 aromatic rings. The molecule has 1 N–H and O–H groups in total. The van der Waals surface area contributed by atoms with Crippen molar-refractivity contribution in [3.05, 3.63) is 71.0 Å². The number of hydrogen-bond donors (Lipinski definition) is 1. The van der Waals surface area contributed by atoms with E-state index in [0.717, 1.165) is 0 Å². The molecule has 9 nitrogen and oxygen atoms in total. The highest BCUT2D eigenvalue weighted by atomic mass is 32.2. The smallest absolute Gasteiger partial charge is 0.300 e. The van der Waals surface area contributed by atoms with Gasteiger partial charge in [0.1, 0.15) is 17.3 Å². The molecule has 0 unspecified atom stereocenters. The minimum absolute atomic E-state index is 0.0685. The van der Waals surface area contributed by atoms with E-state index >= 15 is 0 Å². The van der Waals surface area contributed by atoms with E-state index in [1.54, 1.807) is 30.5 Å². The summed E-state index contributed by atoms with van der Waals surface area (Å²) in [6.07, 6.45) is 3.62. The van der Waals surface area contributed by atoms with Crippen molar-refractivity contribution < 1.29 is 18.7 Å². The van der Waals surface area contributed by atoms with E-state index in [0.29, 0.717) is 34.5 Å². The van der Waals surface area contributed by atoms with Crippen molar-refractivity contribution in [1.82, 2.24) is 19.2 Å². The van der Waals surface area contributed by atoms with Crippen LogP contribution in [0.4, 0.5) is 10.1 Å². The number of amides is 1. The van der Waals surface area contributed by atoms with E-state index in [9.17, 15) is 14.0 Å². The van der Waals surface area contributed by atoms with Gasteiger partial charge in [-0.25, -0.2) is 4.39 Å². The fraction of sp³-hybridized carbons (Fsp3) is 0.217. The quantitative estimate of drug-likeness (QED) is 0.383. The molecule has 2 aromatic heterocycles. The van der Waals surface area contributed by atoms with Gasteiger partial charge >= 0.3 is 5.56 Å². The summed E-state index contributed by atoms with van der Waals surface area (Å²) in [5, 5.41) is 10.9. The lowest BCUT2D eigenvalue weighted by molar-refractivity contribution is -0.115. The van der Waals surface area contributed by atoms with Crippen LogP contribution in [0.2, 0.25) is 0 Å². The predicted octanol–water partition coefficient (Wildman–Crippen LogP) is 3.55. The average Bonchev–Trinajstić information content (AvgIpc) is 3.26. The van der Waals surface area contributed by atoms with E-state index < -0.39 is 16.6 Å². The molecule has 0 saturated heterocycles. The Morgan fingerprint density at radius 3 is 2.68 bits per heavy atom. The summed E-state index contributed by atoms with van der Waals surface area (Å²) in [5.74, 6) is 0.366. The first-order valence-corrected chi connectivity index (χ1v) is 11.2. The SMILES string of the molecule is CC[C@H](Sc1nnc2c(=O)n(-c3cccc(F)c3)ccn12)C(=O)Nc1cc(OC)ccc1OC. The van der Waals surface area contributed by atoms with E-state index in [1.165, 1.54) is 59.3 Å². The third kappa shape index (κ3) is 4.60. The van der Waals surface area contributed by atoms with Crippen molar-refractivity contribution in [2.24, 2.45) is 0 Å². The number of methoxy groups -OCH3 is 2. The first-order valence-electron chi connectivity index (χ1n) is 10.4. The molecular weight excluding hydrogens is 461 g/mol. The maximum Gasteiger partial charge on any atom is 0.300 e. The zero-order valence-corrected chi connectivity index (χ0v) is 19.5. The Balaban J connectivity index is 1.59. The number of carbonyl (C=O) groups excluding carboxylic acids is 1. The van der Waals surface area contributed by atoms with Crippen LogP contribution in [0.15, 0.2) is 64.8 Å². The van der Waals surface area contributed by atoms with E-state index in [4.69, 9.17) is 9.47 Å². The van der Waals surface area contributed by atoms with Gasteiger partial charge < -0.3 is 14.8 Å². The fourth-order valence-electron chi connectivity index (χ4n) is 3.35. The molecule has 176 valence electrons. The Morgan fingerprint density at radius 2 is 1.97 bits per heavy atom. The summed E-state index contributed by atoms with van der Waals surface area (Å²) in [5.41, 5.74) is 0.475. The molecule has 0 fully saturated rings. The number of halogens is 1. The number of hydrogen-bond acceptors (Lipinski definition) is 7. The van der Waals surface area contributed by atoms with Crippen molar-refractivity contribution in [2.45, 2.75) is 23.8 Å². The minimum atomic E-state index is -0.519. The monoisotopic (exact) mass is 483 g/mol. The van der Waals surface area contributed by atoms with Crippen LogP contribution in [0.3, 0.4) is 0 Å². The van der Waals surface area contributed by atoms with Crippen molar-refractivity contribution >= 4 is 29.0 Å². The van der Waals surface area contributed by atoms with E-state index in [2.05, 4.69) is 15.5 Å². The second kappa shape index (κ2) is 9.96. The van der Waals surface area contributed by atoms with Crippen molar-refractivity contribution in [3.8, 4) is 17.2 Å². The van der Waals surface area contributed by atoms with Crippen LogP contribution in [-0.4, -0.2) is 44.5 Å². The summed E-state index contributed by atoms with van der Waals surface area (Å²) in [6.45, 7) is 1.88. The predicted molar refractivity (Wildman–Crippen MR) is 127 cm³/mol. The summed E-state index contributed by atoms with van der Waals surface area (Å²) in [7, 11) is 3.05. The van der Waals surface area contributed by atoms with E-state index in [-0.39, 0.29) is 11.6 Å². The molecule has 0 aliphatic rings. The van der Waals surface area contributed by atoms with Crippen LogP contribution in [0.25, 0.3) is 11.3 Å². The van der Waals surface area contributed by atoms with Crippen LogP contribution in [-0.2, 0) is 4.79 Å². The van der Waals surface area contributed by atoms with Gasteiger partial charge in [-0.2, -0.15) is 0 Å². The van der Waals surface area contributed by atoms with Crippen LogP contribution in [0.5, 0.6) is 11.5 Å². The molecule has 0 saturated carbocycles. The highest BCUT2D eigenvalue weighted by Gasteiger charge is 2.23. The van der Waals surface area contributed by atoms with Crippen LogP contribution >= 0.6 is 11.8 Å². The molecule has 0 aliphatic heterocycles. The molecule has 1 atom stereocenters. The lowest BCUT2D eigenvalue weighted by atomic mass is 10.2. The molecular formula is C23H22FN5O4S. The number of ether oxygens (including phenoxy) is 2. The van der Waals surface area contributed by atoms with Crippen molar-refractivity contribution in [2.75, 3.05) is 19.5 Å². The van der Waals surface area contributed by atoms with Crippen LogP contribution in [0.1, 0.15) is 13.3 Å². The van der Waals surface area contributed by atoms with Gasteiger partial charge in [0, 0.05) is 18.5 Å². The van der Waals surface area contributed by atoms with Gasteiger partial charge in [-0.3, -0.25) is 18.6 Å². The second-order valence-electron chi connectivity index (χ2n) is 7.20. The number of aromatic nitrogens is 4. The molecule has 0 spiro atoms. The molecule has 34 heavy (non-hydrogen) atoms. The number of rotatable bonds is 8. The summed E-state index contributed by atoms with van der Waals surface area (Å²) in [4.78, 5) is 25.9. The van der Waals surface area contributed by atoms with Crippen LogP contribution < -0.4 is 20.3 Å². The van der Waals surface area contributed by atoms with Gasteiger partial charge in [0.25, 0.3) is 0 Å². The Morgan fingerprint density at radius 1 is 1.15 bits per heavy atom. The molecule has 0 bridgehead atoms. The second-order valence-corrected chi connectivity index (χ2v) is 8.37. The molecule has 0 aliphatic carbocycles. The third-order valence-corrected chi connectivity index (χ3v) is 6.42. The molecule has 2 aromatic carbocycles. The number of nitrogens with one attached hydrogen (secondary N) is 1. The number of benzene rings is 2. The standard InChI is InChI=1S/C23H22FN5O4S/c1-4-19(21(30)25-17-13-16(32-2)8-9-18(17)33-3)34-23-27-26-20-22(31)28(10-11-29(20)23)15-7-5-6-14(24)12-15/h5-13,19H,4H2,1-3H3,(H,25,30)/t19-/m0/s1. The first kappa shape index (κ1) is 23.3.